The minimum absolute atomic E-state index is 0.631. The number of nitrogens with zero attached hydrogens (tertiary/aromatic N) is 2. The van der Waals surface area contributed by atoms with Crippen LogP contribution in [0, 0.1) is 5.92 Å². The molecular formula is C22H25ClN2. The molecular weight excluding hydrogens is 328 g/mol. The molecule has 3 heteroatoms. The van der Waals surface area contributed by atoms with Crippen LogP contribution in [0.3, 0.4) is 0 Å². The minimum atomic E-state index is 0.631. The summed E-state index contributed by atoms with van der Waals surface area (Å²) in [5.41, 5.74) is 2.69. The van der Waals surface area contributed by atoms with Crippen molar-refractivity contribution in [3.8, 4) is 0 Å². The highest BCUT2D eigenvalue weighted by Crippen LogP contribution is 2.24. The van der Waals surface area contributed by atoms with E-state index in [1.165, 1.54) is 24.0 Å². The molecule has 0 spiro atoms. The molecule has 0 saturated carbocycles. The summed E-state index contributed by atoms with van der Waals surface area (Å²) in [5.74, 6) is 0.631. The fraction of sp³-hybridized carbons (Fsp3) is 0.318. The van der Waals surface area contributed by atoms with Crippen LogP contribution in [0.1, 0.15) is 30.4 Å². The van der Waals surface area contributed by atoms with Crippen LogP contribution in [0.4, 0.5) is 0 Å². The Morgan fingerprint density at radius 1 is 0.960 bits per heavy atom. The van der Waals surface area contributed by atoms with E-state index in [0.29, 0.717) is 5.92 Å². The Morgan fingerprint density at radius 2 is 1.76 bits per heavy atom. The Bertz CT molecular complexity index is 738. The van der Waals surface area contributed by atoms with Gasteiger partial charge in [0.2, 0.25) is 0 Å². The molecule has 130 valence electrons. The van der Waals surface area contributed by atoms with E-state index in [1.807, 2.05) is 30.9 Å². The van der Waals surface area contributed by atoms with E-state index in [2.05, 4.69) is 52.0 Å². The van der Waals surface area contributed by atoms with E-state index >= 15 is 0 Å². The number of hydrogen-bond donors (Lipinski definition) is 0. The summed E-state index contributed by atoms with van der Waals surface area (Å²) in [7, 11) is 0. The van der Waals surface area contributed by atoms with E-state index in [1.54, 1.807) is 0 Å². The van der Waals surface area contributed by atoms with Gasteiger partial charge in [-0.2, -0.15) is 0 Å². The number of benzene rings is 2. The minimum Gasteiger partial charge on any atom is -0.337 e. The maximum Gasteiger partial charge on any atom is 0.0945 e. The molecule has 1 heterocycles. The van der Waals surface area contributed by atoms with Crippen molar-refractivity contribution in [3.05, 3.63) is 89.5 Å². The van der Waals surface area contributed by atoms with Crippen molar-refractivity contribution < 1.29 is 0 Å². The van der Waals surface area contributed by atoms with Crippen LogP contribution in [0.25, 0.3) is 0 Å². The summed E-state index contributed by atoms with van der Waals surface area (Å²) < 4.78 is 2.16. The zero-order chi connectivity index (χ0) is 17.3. The molecule has 0 radical (unpaired) electrons. The van der Waals surface area contributed by atoms with Crippen molar-refractivity contribution in [1.29, 1.82) is 0 Å². The Kier molecular flexibility index (Phi) is 6.70. The summed E-state index contributed by atoms with van der Waals surface area (Å²) in [6, 6.07) is 19.0. The SMILES string of the molecule is Clc1ccccc1CC(CCCc1ccccc1)CCn1ccnc1. The third kappa shape index (κ3) is 5.75. The molecule has 0 saturated heterocycles. The predicted molar refractivity (Wildman–Crippen MR) is 105 cm³/mol. The average Bonchev–Trinajstić information content (AvgIpc) is 3.16. The van der Waals surface area contributed by atoms with E-state index in [0.717, 1.165) is 30.8 Å². The molecule has 1 unspecified atom stereocenters. The monoisotopic (exact) mass is 352 g/mol. The number of aryl methyl sites for hydroxylation is 2. The first-order valence-corrected chi connectivity index (χ1v) is 9.42. The number of halogens is 1. The van der Waals surface area contributed by atoms with Gasteiger partial charge in [0.25, 0.3) is 0 Å². The topological polar surface area (TPSA) is 17.8 Å². The van der Waals surface area contributed by atoms with E-state index < -0.39 is 0 Å². The summed E-state index contributed by atoms with van der Waals surface area (Å²) in [5, 5.41) is 0.887. The van der Waals surface area contributed by atoms with Gasteiger partial charge in [-0.1, -0.05) is 60.1 Å². The molecule has 2 aromatic carbocycles. The van der Waals surface area contributed by atoms with Gasteiger partial charge in [0.1, 0.15) is 0 Å². The highest BCUT2D eigenvalue weighted by molar-refractivity contribution is 6.31. The van der Waals surface area contributed by atoms with Crippen molar-refractivity contribution in [2.75, 3.05) is 0 Å². The van der Waals surface area contributed by atoms with Crippen LogP contribution in [-0.2, 0) is 19.4 Å². The second-order valence-electron chi connectivity index (χ2n) is 6.63. The zero-order valence-corrected chi connectivity index (χ0v) is 15.3. The van der Waals surface area contributed by atoms with E-state index in [9.17, 15) is 0 Å². The lowest BCUT2D eigenvalue weighted by atomic mass is 9.90. The summed E-state index contributed by atoms with van der Waals surface area (Å²) >= 11 is 6.38. The second-order valence-corrected chi connectivity index (χ2v) is 7.04. The van der Waals surface area contributed by atoms with Gasteiger partial charge in [0.15, 0.2) is 0 Å². The lowest BCUT2D eigenvalue weighted by molar-refractivity contribution is 0.405. The molecule has 1 aromatic heterocycles. The predicted octanol–water partition coefficient (Wildman–Crippen LogP) is 5.81. The lowest BCUT2D eigenvalue weighted by Crippen LogP contribution is -2.10. The van der Waals surface area contributed by atoms with Crippen molar-refractivity contribution in [2.24, 2.45) is 5.92 Å². The first-order chi connectivity index (χ1) is 12.3. The Labute approximate surface area is 155 Å². The summed E-state index contributed by atoms with van der Waals surface area (Å²) in [6.07, 6.45) is 11.5. The van der Waals surface area contributed by atoms with E-state index in [-0.39, 0.29) is 0 Å². The molecule has 0 aliphatic heterocycles. The molecule has 0 aliphatic carbocycles. The average molecular weight is 353 g/mol. The lowest BCUT2D eigenvalue weighted by Gasteiger charge is -2.18. The van der Waals surface area contributed by atoms with Crippen LogP contribution >= 0.6 is 11.6 Å². The second kappa shape index (κ2) is 9.43. The van der Waals surface area contributed by atoms with Crippen LogP contribution in [-0.4, -0.2) is 9.55 Å². The van der Waals surface area contributed by atoms with Crippen LogP contribution in [0.2, 0.25) is 5.02 Å². The molecule has 0 bridgehead atoms. The van der Waals surface area contributed by atoms with Crippen molar-refractivity contribution in [2.45, 2.75) is 38.6 Å². The number of aromatic nitrogens is 2. The van der Waals surface area contributed by atoms with Gasteiger partial charge in [-0.15, -0.1) is 0 Å². The molecule has 2 nitrogen and oxygen atoms in total. The standard InChI is InChI=1S/C22H25ClN2/c23-22-12-5-4-11-21(22)17-20(13-15-25-16-14-24-18-25)10-6-9-19-7-2-1-3-8-19/h1-5,7-8,11-12,14,16,18,20H,6,9-10,13,15,17H2. The smallest absolute Gasteiger partial charge is 0.0945 e. The quantitative estimate of drug-likeness (QED) is 0.475. The summed E-state index contributed by atoms with van der Waals surface area (Å²) in [6.45, 7) is 1.01. The Balaban J connectivity index is 1.58. The third-order valence-corrected chi connectivity index (χ3v) is 5.11. The Morgan fingerprint density at radius 3 is 2.52 bits per heavy atom. The summed E-state index contributed by atoms with van der Waals surface area (Å²) in [4.78, 5) is 4.14. The molecule has 0 amide bonds. The molecule has 0 fully saturated rings. The molecule has 25 heavy (non-hydrogen) atoms. The van der Waals surface area contributed by atoms with Crippen LogP contribution in [0.15, 0.2) is 73.3 Å². The van der Waals surface area contributed by atoms with Gasteiger partial charge in [-0.3, -0.25) is 0 Å². The van der Waals surface area contributed by atoms with Crippen molar-refractivity contribution >= 4 is 11.6 Å². The highest BCUT2D eigenvalue weighted by atomic mass is 35.5. The fourth-order valence-corrected chi connectivity index (χ4v) is 3.53. The molecule has 3 aromatic rings. The van der Waals surface area contributed by atoms with Gasteiger partial charge < -0.3 is 4.57 Å². The van der Waals surface area contributed by atoms with Crippen molar-refractivity contribution in [1.82, 2.24) is 9.55 Å². The van der Waals surface area contributed by atoms with Gasteiger partial charge in [0.05, 0.1) is 6.33 Å². The maximum atomic E-state index is 6.38. The third-order valence-electron chi connectivity index (χ3n) is 4.74. The van der Waals surface area contributed by atoms with Crippen molar-refractivity contribution in [3.63, 3.8) is 0 Å². The Hall–Kier alpha value is -2.06. The molecule has 1 atom stereocenters. The largest absolute Gasteiger partial charge is 0.337 e. The first-order valence-electron chi connectivity index (χ1n) is 9.04. The highest BCUT2D eigenvalue weighted by Gasteiger charge is 2.12. The number of hydrogen-bond acceptors (Lipinski definition) is 1. The van der Waals surface area contributed by atoms with Gasteiger partial charge in [-0.05, 0) is 55.2 Å². The van der Waals surface area contributed by atoms with Gasteiger partial charge in [-0.25, -0.2) is 4.98 Å². The van der Waals surface area contributed by atoms with Gasteiger partial charge in [0, 0.05) is 24.0 Å². The first kappa shape index (κ1) is 17.8. The molecule has 0 N–H and O–H groups in total. The maximum absolute atomic E-state index is 6.38. The normalized spacial score (nSPS) is 12.2. The van der Waals surface area contributed by atoms with Crippen LogP contribution in [0.5, 0.6) is 0 Å². The van der Waals surface area contributed by atoms with Crippen LogP contribution < -0.4 is 0 Å². The number of imidazole rings is 1. The van der Waals surface area contributed by atoms with E-state index in [4.69, 9.17) is 11.6 Å². The molecule has 0 aliphatic rings. The fourth-order valence-electron chi connectivity index (χ4n) is 3.31. The molecule has 3 rings (SSSR count). The van der Waals surface area contributed by atoms with Gasteiger partial charge >= 0.3 is 0 Å². The number of rotatable bonds is 9. The zero-order valence-electron chi connectivity index (χ0n) is 14.5.